The largest absolute Gasteiger partial charge is 0.478 e. The minimum absolute atomic E-state index is 0.0215. The van der Waals surface area contributed by atoms with Crippen molar-refractivity contribution in [2.45, 2.75) is 31.2 Å². The van der Waals surface area contributed by atoms with Crippen molar-refractivity contribution >= 4 is 56.9 Å². The molecule has 9 heteroatoms. The predicted octanol–water partition coefficient (Wildman–Crippen LogP) is 7.01. The molecule has 2 aliphatic heterocycles. The molecule has 2 heterocycles. The van der Waals surface area contributed by atoms with E-state index in [0.717, 1.165) is 33.1 Å². The zero-order valence-electron chi connectivity index (χ0n) is 18.9. The van der Waals surface area contributed by atoms with Gasteiger partial charge < -0.3 is 9.47 Å². The van der Waals surface area contributed by atoms with E-state index in [-0.39, 0.29) is 18.7 Å². The highest BCUT2D eigenvalue weighted by atomic mass is 32.2. The zero-order valence-corrected chi connectivity index (χ0v) is 20.5. The van der Waals surface area contributed by atoms with Gasteiger partial charge in [-0.05, 0) is 51.4 Å². The van der Waals surface area contributed by atoms with Crippen molar-refractivity contribution in [3.8, 4) is 0 Å². The van der Waals surface area contributed by atoms with Crippen LogP contribution in [0, 0.1) is 0 Å². The minimum atomic E-state index is -5.02. The van der Waals surface area contributed by atoms with Crippen LogP contribution in [-0.2, 0) is 19.7 Å². The number of esters is 1. The number of halogens is 3. The number of carbonyl (C=O) groups excluding carboxylic acids is 1. The highest BCUT2D eigenvalue weighted by molar-refractivity contribution is 8.05. The van der Waals surface area contributed by atoms with E-state index in [9.17, 15) is 18.0 Å². The second-order valence-corrected chi connectivity index (χ2v) is 10.6. The Kier molecular flexibility index (Phi) is 5.46. The van der Waals surface area contributed by atoms with Crippen molar-refractivity contribution in [3.05, 3.63) is 72.3 Å². The molecule has 0 saturated heterocycles. The first-order valence-electron chi connectivity index (χ1n) is 11.1. The Morgan fingerprint density at radius 2 is 1.64 bits per heavy atom. The number of nitrogens with zero attached hydrogens (tertiary/aromatic N) is 1. The average molecular weight is 526 g/mol. The highest BCUT2D eigenvalue weighted by Crippen LogP contribution is 2.52. The fraction of sp³-hybridized carbons (Fsp3) is 0.185. The van der Waals surface area contributed by atoms with Crippen LogP contribution in [0.5, 0.6) is 0 Å². The normalized spacial score (nSPS) is 16.6. The number of fused-ring (bicyclic) bond motifs is 6. The van der Waals surface area contributed by atoms with E-state index in [4.69, 9.17) is 4.74 Å². The van der Waals surface area contributed by atoms with E-state index in [2.05, 4.69) is 21.9 Å². The van der Waals surface area contributed by atoms with Crippen LogP contribution < -0.4 is 0 Å². The van der Waals surface area contributed by atoms with Crippen molar-refractivity contribution in [3.63, 3.8) is 0 Å². The standard InChI is InChI=1S/C27H18F3NO3S2/c1-33-25(32)26(27(28,29)30,24-31-12-13-34-24)16-7-9-17-15(14-16)6-8-19-18(17)10-11-22-23(19)36-21-5-3-2-4-20(21)35-22/h2-11,14H,12-13H2,1H3. The second kappa shape index (κ2) is 8.45. The third-order valence-corrected chi connectivity index (χ3v) is 9.08. The van der Waals surface area contributed by atoms with Gasteiger partial charge in [0.2, 0.25) is 5.90 Å². The zero-order chi connectivity index (χ0) is 25.1. The molecular formula is C27H18F3NO3S2. The number of hydrogen-bond donors (Lipinski definition) is 0. The van der Waals surface area contributed by atoms with Crippen LogP contribution in [-0.4, -0.2) is 38.3 Å². The van der Waals surface area contributed by atoms with Crippen LogP contribution in [0.4, 0.5) is 13.2 Å². The summed E-state index contributed by atoms with van der Waals surface area (Å²) in [4.78, 5) is 21.3. The van der Waals surface area contributed by atoms with Gasteiger partial charge >= 0.3 is 12.1 Å². The summed E-state index contributed by atoms with van der Waals surface area (Å²) in [7, 11) is 0.934. The molecule has 4 nitrogen and oxygen atoms in total. The molecule has 0 bridgehead atoms. The van der Waals surface area contributed by atoms with Gasteiger partial charge in [0.1, 0.15) is 6.61 Å². The Morgan fingerprint density at radius 3 is 2.33 bits per heavy atom. The number of aliphatic imine (C=N–C) groups is 1. The number of alkyl halides is 3. The molecule has 182 valence electrons. The topological polar surface area (TPSA) is 47.9 Å². The number of methoxy groups -OCH3 is 1. The number of rotatable bonds is 3. The Hall–Kier alpha value is -3.17. The lowest BCUT2D eigenvalue weighted by Crippen LogP contribution is -2.56. The molecule has 4 aromatic carbocycles. The predicted molar refractivity (Wildman–Crippen MR) is 134 cm³/mol. The molecule has 1 unspecified atom stereocenters. The summed E-state index contributed by atoms with van der Waals surface area (Å²) >= 11 is 3.40. The summed E-state index contributed by atoms with van der Waals surface area (Å²) in [6.07, 6.45) is -5.02. The quantitative estimate of drug-likeness (QED) is 0.187. The molecule has 0 amide bonds. The van der Waals surface area contributed by atoms with Gasteiger partial charge in [0.15, 0.2) is 0 Å². The summed E-state index contributed by atoms with van der Waals surface area (Å²) in [5, 5.41) is 3.32. The second-order valence-electron chi connectivity index (χ2n) is 8.41. The molecule has 0 N–H and O–H groups in total. The van der Waals surface area contributed by atoms with Gasteiger partial charge in [-0.15, -0.1) is 0 Å². The van der Waals surface area contributed by atoms with Crippen LogP contribution in [0.1, 0.15) is 5.56 Å². The van der Waals surface area contributed by atoms with Crippen molar-refractivity contribution in [1.29, 1.82) is 0 Å². The van der Waals surface area contributed by atoms with Crippen molar-refractivity contribution < 1.29 is 27.4 Å². The number of hydrogen-bond acceptors (Lipinski definition) is 6. The molecule has 0 aliphatic carbocycles. The van der Waals surface area contributed by atoms with Crippen LogP contribution in [0.15, 0.2) is 91.3 Å². The average Bonchev–Trinajstić information content (AvgIpc) is 3.41. The Morgan fingerprint density at radius 1 is 0.917 bits per heavy atom. The van der Waals surface area contributed by atoms with Gasteiger partial charge in [0.05, 0.1) is 13.7 Å². The van der Waals surface area contributed by atoms with Crippen molar-refractivity contribution in [1.82, 2.24) is 0 Å². The maximum atomic E-state index is 14.6. The molecule has 0 fully saturated rings. The molecule has 36 heavy (non-hydrogen) atoms. The molecule has 4 aromatic rings. The lowest BCUT2D eigenvalue weighted by molar-refractivity contribution is -0.194. The van der Waals surface area contributed by atoms with Gasteiger partial charge in [-0.25, -0.2) is 0 Å². The van der Waals surface area contributed by atoms with Crippen LogP contribution in [0.2, 0.25) is 0 Å². The SMILES string of the molecule is COC(=O)C(C1=NCCO1)(c1ccc2c(ccc3c4c(ccc32)Sc2ccccc2S4)c1)C(F)(F)F. The van der Waals surface area contributed by atoms with Crippen molar-refractivity contribution in [2.24, 2.45) is 4.99 Å². The van der Waals surface area contributed by atoms with Crippen molar-refractivity contribution in [2.75, 3.05) is 20.3 Å². The summed E-state index contributed by atoms with van der Waals surface area (Å²) in [5.74, 6) is -2.15. The van der Waals surface area contributed by atoms with Crippen LogP contribution in [0.3, 0.4) is 0 Å². The Labute approximate surface area is 212 Å². The maximum absolute atomic E-state index is 14.6. The molecule has 0 aromatic heterocycles. The maximum Gasteiger partial charge on any atom is 0.417 e. The summed E-state index contributed by atoms with van der Waals surface area (Å²) in [6.45, 7) is 0.0264. The first kappa shape index (κ1) is 23.2. The summed E-state index contributed by atoms with van der Waals surface area (Å²) in [5.41, 5.74) is -3.42. The van der Waals surface area contributed by atoms with E-state index in [1.54, 1.807) is 35.7 Å². The third-order valence-electron chi connectivity index (χ3n) is 6.47. The number of ether oxygens (including phenoxy) is 2. The molecular weight excluding hydrogens is 507 g/mol. The van der Waals surface area contributed by atoms with E-state index in [1.807, 2.05) is 30.3 Å². The van der Waals surface area contributed by atoms with E-state index < -0.39 is 23.5 Å². The molecule has 0 radical (unpaired) electrons. The van der Waals surface area contributed by atoms with E-state index in [0.29, 0.717) is 5.39 Å². The van der Waals surface area contributed by atoms with Gasteiger partial charge in [-0.3, -0.25) is 9.79 Å². The first-order chi connectivity index (χ1) is 17.3. The lowest BCUT2D eigenvalue weighted by atomic mass is 9.78. The number of benzene rings is 4. The molecule has 0 spiro atoms. The Bertz CT molecular complexity index is 1580. The van der Waals surface area contributed by atoms with Gasteiger partial charge in [0.25, 0.3) is 5.41 Å². The number of carbonyl (C=O) groups is 1. The smallest absolute Gasteiger partial charge is 0.417 e. The van der Waals surface area contributed by atoms with Gasteiger partial charge in [0, 0.05) is 19.6 Å². The van der Waals surface area contributed by atoms with E-state index >= 15 is 0 Å². The third kappa shape index (κ3) is 3.33. The van der Waals surface area contributed by atoms with Gasteiger partial charge in [-0.1, -0.05) is 66.0 Å². The molecule has 2 aliphatic rings. The molecule has 0 saturated carbocycles. The lowest BCUT2D eigenvalue weighted by Gasteiger charge is -2.32. The first-order valence-corrected chi connectivity index (χ1v) is 12.8. The van der Waals surface area contributed by atoms with Crippen LogP contribution in [0.25, 0.3) is 21.5 Å². The molecule has 6 rings (SSSR count). The fourth-order valence-electron chi connectivity index (χ4n) is 4.81. The minimum Gasteiger partial charge on any atom is -0.478 e. The monoisotopic (exact) mass is 525 g/mol. The van der Waals surface area contributed by atoms with Crippen LogP contribution >= 0.6 is 23.5 Å². The highest BCUT2D eigenvalue weighted by Gasteiger charge is 2.68. The Balaban J connectivity index is 1.54. The fourth-order valence-corrected chi connectivity index (χ4v) is 7.19. The van der Waals surface area contributed by atoms with Gasteiger partial charge in [-0.2, -0.15) is 13.2 Å². The summed E-state index contributed by atoms with van der Waals surface area (Å²) < 4.78 is 53.8. The molecule has 1 atom stereocenters. The summed E-state index contributed by atoms with van der Waals surface area (Å²) in [6, 6.07) is 20.3. The van der Waals surface area contributed by atoms with E-state index in [1.165, 1.54) is 21.9 Å².